The van der Waals surface area contributed by atoms with Crippen molar-refractivity contribution in [2.75, 3.05) is 0 Å². The summed E-state index contributed by atoms with van der Waals surface area (Å²) in [4.78, 5) is 0. The molecule has 88 valence electrons. The summed E-state index contributed by atoms with van der Waals surface area (Å²) in [6, 6.07) is 8.17. The number of hydrogen-bond acceptors (Lipinski definition) is 2. The first-order chi connectivity index (χ1) is 7.33. The van der Waals surface area contributed by atoms with Crippen LogP contribution in [0, 0.1) is 3.57 Å². The third kappa shape index (κ3) is 2.00. The van der Waals surface area contributed by atoms with Crippen molar-refractivity contribution in [3.05, 3.63) is 33.4 Å². The van der Waals surface area contributed by atoms with Crippen LogP contribution in [0.25, 0.3) is 0 Å². The van der Waals surface area contributed by atoms with E-state index in [1.807, 2.05) is 12.1 Å². The van der Waals surface area contributed by atoms with E-state index in [0.717, 1.165) is 5.56 Å². The Morgan fingerprint density at radius 1 is 1.00 bits per heavy atom. The van der Waals surface area contributed by atoms with Crippen molar-refractivity contribution < 1.29 is 9.47 Å². The van der Waals surface area contributed by atoms with Crippen molar-refractivity contribution in [3.8, 4) is 0 Å². The molecule has 0 atom stereocenters. The Morgan fingerprint density at radius 2 is 1.50 bits per heavy atom. The van der Waals surface area contributed by atoms with Crippen LogP contribution in [0.3, 0.4) is 0 Å². The highest BCUT2D eigenvalue weighted by Crippen LogP contribution is 2.45. The molecule has 0 spiro atoms. The molecule has 0 bridgehead atoms. The maximum absolute atomic E-state index is 6.00. The maximum Gasteiger partial charge on any atom is 0.186 e. The molecule has 1 aliphatic heterocycles. The molecule has 2 rings (SSSR count). The fourth-order valence-corrected chi connectivity index (χ4v) is 2.28. The third-order valence-electron chi connectivity index (χ3n) is 3.41. The molecule has 1 aliphatic rings. The first-order valence-electron chi connectivity index (χ1n) is 5.43. The highest BCUT2D eigenvalue weighted by Gasteiger charge is 2.49. The van der Waals surface area contributed by atoms with Crippen LogP contribution in [-0.4, -0.2) is 11.2 Å². The van der Waals surface area contributed by atoms with Gasteiger partial charge in [-0.1, -0.05) is 18.2 Å². The summed E-state index contributed by atoms with van der Waals surface area (Å²) in [5.74, 6) is 0. The fraction of sp³-hybridized carbons (Fsp3) is 0.538. The summed E-state index contributed by atoms with van der Waals surface area (Å²) in [5, 5.41) is 0. The molecular formula is C13H17IO2. The number of hydrogen-bond donors (Lipinski definition) is 0. The molecule has 2 nitrogen and oxygen atoms in total. The van der Waals surface area contributed by atoms with Gasteiger partial charge in [-0.05, 0) is 56.4 Å². The third-order valence-corrected chi connectivity index (χ3v) is 4.39. The monoisotopic (exact) mass is 332 g/mol. The van der Waals surface area contributed by atoms with Crippen molar-refractivity contribution in [2.45, 2.75) is 45.2 Å². The maximum atomic E-state index is 6.00. The van der Waals surface area contributed by atoms with Gasteiger partial charge in [0.05, 0.1) is 11.2 Å². The molecule has 1 heterocycles. The van der Waals surface area contributed by atoms with Crippen LogP contribution in [0.4, 0.5) is 0 Å². The topological polar surface area (TPSA) is 18.5 Å². The number of benzene rings is 1. The van der Waals surface area contributed by atoms with Gasteiger partial charge in [0.2, 0.25) is 0 Å². The van der Waals surface area contributed by atoms with Gasteiger partial charge >= 0.3 is 0 Å². The van der Waals surface area contributed by atoms with Crippen LogP contribution in [0.2, 0.25) is 0 Å². The minimum atomic E-state index is -0.267. The van der Waals surface area contributed by atoms with Crippen molar-refractivity contribution in [3.63, 3.8) is 0 Å². The zero-order valence-corrected chi connectivity index (χ0v) is 12.2. The van der Waals surface area contributed by atoms with Crippen molar-refractivity contribution in [1.29, 1.82) is 0 Å². The molecule has 0 amide bonds. The van der Waals surface area contributed by atoms with Crippen LogP contribution < -0.4 is 0 Å². The van der Waals surface area contributed by atoms with E-state index in [2.05, 4.69) is 62.4 Å². The molecule has 0 aromatic heterocycles. The second-order valence-corrected chi connectivity index (χ2v) is 6.27. The summed E-state index contributed by atoms with van der Waals surface area (Å²) in [6.07, 6.45) is -0.252. The van der Waals surface area contributed by atoms with Gasteiger partial charge in [-0.25, -0.2) is 0 Å². The lowest BCUT2D eigenvalue weighted by Gasteiger charge is -2.30. The predicted molar refractivity (Wildman–Crippen MR) is 72.2 cm³/mol. The quantitative estimate of drug-likeness (QED) is 0.727. The van der Waals surface area contributed by atoms with E-state index in [1.54, 1.807) is 0 Å². The van der Waals surface area contributed by atoms with Gasteiger partial charge in [-0.3, -0.25) is 0 Å². The van der Waals surface area contributed by atoms with E-state index in [-0.39, 0.29) is 17.5 Å². The Balaban J connectivity index is 2.31. The summed E-state index contributed by atoms with van der Waals surface area (Å²) in [5.41, 5.74) is 0.578. The van der Waals surface area contributed by atoms with Gasteiger partial charge in [0.1, 0.15) is 0 Å². The number of ether oxygens (including phenoxy) is 2. The van der Waals surface area contributed by atoms with Crippen molar-refractivity contribution in [2.24, 2.45) is 0 Å². The molecule has 0 saturated carbocycles. The van der Waals surface area contributed by atoms with Crippen molar-refractivity contribution in [1.82, 2.24) is 0 Å². The SMILES string of the molecule is CC1(C)OC(c2ccccc2I)OC1(C)C. The van der Waals surface area contributed by atoms with E-state index in [4.69, 9.17) is 9.47 Å². The molecule has 3 heteroatoms. The molecule has 0 unspecified atom stereocenters. The highest BCUT2D eigenvalue weighted by molar-refractivity contribution is 14.1. The molecule has 0 radical (unpaired) electrons. The zero-order valence-electron chi connectivity index (χ0n) is 10.1. The van der Waals surface area contributed by atoms with Crippen LogP contribution in [0.5, 0.6) is 0 Å². The van der Waals surface area contributed by atoms with Gasteiger partial charge < -0.3 is 9.47 Å². The standard InChI is InChI=1S/C13H17IO2/c1-12(2)13(3,4)16-11(15-12)9-7-5-6-8-10(9)14/h5-8,11H,1-4H3. The lowest BCUT2D eigenvalue weighted by atomic mass is 9.90. The normalized spacial score (nSPS) is 23.6. The Kier molecular flexibility index (Phi) is 3.05. The second-order valence-electron chi connectivity index (χ2n) is 5.11. The van der Waals surface area contributed by atoms with Gasteiger partial charge in [-0.2, -0.15) is 0 Å². The molecule has 1 saturated heterocycles. The molecule has 0 aliphatic carbocycles. The smallest absolute Gasteiger partial charge is 0.186 e. The number of halogens is 1. The van der Waals surface area contributed by atoms with Gasteiger partial charge in [-0.15, -0.1) is 0 Å². The molecule has 1 aromatic rings. The largest absolute Gasteiger partial charge is 0.339 e. The van der Waals surface area contributed by atoms with E-state index in [1.165, 1.54) is 3.57 Å². The van der Waals surface area contributed by atoms with E-state index >= 15 is 0 Å². The lowest BCUT2D eigenvalue weighted by Crippen LogP contribution is -2.41. The fourth-order valence-electron chi connectivity index (χ4n) is 1.64. The second kappa shape index (κ2) is 3.96. The predicted octanol–water partition coefficient (Wildman–Crippen LogP) is 3.89. The first kappa shape index (κ1) is 12.3. The summed E-state index contributed by atoms with van der Waals surface area (Å²) < 4.78 is 13.2. The average Bonchev–Trinajstić information content (AvgIpc) is 2.36. The molecule has 1 fully saturated rings. The Labute approximate surface area is 110 Å². The van der Waals surface area contributed by atoms with Gasteiger partial charge in [0, 0.05) is 9.13 Å². The van der Waals surface area contributed by atoms with E-state index in [9.17, 15) is 0 Å². The van der Waals surface area contributed by atoms with E-state index in [0.29, 0.717) is 0 Å². The summed E-state index contributed by atoms with van der Waals surface area (Å²) in [7, 11) is 0. The Morgan fingerprint density at radius 3 is 2.00 bits per heavy atom. The highest BCUT2D eigenvalue weighted by atomic mass is 127. The zero-order chi connectivity index (χ0) is 12.0. The van der Waals surface area contributed by atoms with Gasteiger partial charge in [0.15, 0.2) is 6.29 Å². The summed E-state index contributed by atoms with van der Waals surface area (Å²) in [6.45, 7) is 8.29. The number of rotatable bonds is 1. The lowest BCUT2D eigenvalue weighted by molar-refractivity contribution is -0.0900. The van der Waals surface area contributed by atoms with Crippen LogP contribution in [-0.2, 0) is 9.47 Å². The molecule has 16 heavy (non-hydrogen) atoms. The Hall–Kier alpha value is -0.130. The molecule has 1 aromatic carbocycles. The van der Waals surface area contributed by atoms with Crippen LogP contribution in [0.15, 0.2) is 24.3 Å². The minimum Gasteiger partial charge on any atom is -0.339 e. The summed E-state index contributed by atoms with van der Waals surface area (Å²) >= 11 is 2.31. The van der Waals surface area contributed by atoms with Crippen LogP contribution >= 0.6 is 22.6 Å². The van der Waals surface area contributed by atoms with E-state index < -0.39 is 0 Å². The Bertz CT molecular complexity index is 383. The average molecular weight is 332 g/mol. The van der Waals surface area contributed by atoms with Gasteiger partial charge in [0.25, 0.3) is 0 Å². The van der Waals surface area contributed by atoms with Crippen LogP contribution in [0.1, 0.15) is 39.5 Å². The molecule has 0 N–H and O–H groups in total. The minimum absolute atomic E-state index is 0.252. The first-order valence-corrected chi connectivity index (χ1v) is 6.51. The molecular weight excluding hydrogens is 315 g/mol. The van der Waals surface area contributed by atoms with Crippen molar-refractivity contribution >= 4 is 22.6 Å².